The van der Waals surface area contributed by atoms with E-state index in [0.29, 0.717) is 13.0 Å². The van der Waals surface area contributed by atoms with E-state index in [1.807, 2.05) is 0 Å². The Morgan fingerprint density at radius 3 is 1.28 bits per heavy atom. The Morgan fingerprint density at radius 1 is 0.472 bits per heavy atom. The van der Waals surface area contributed by atoms with Crippen molar-refractivity contribution in [1.29, 1.82) is 0 Å². The minimum Gasteiger partial charge on any atom is -0.457 e. The molecule has 0 aromatic carbocycles. The highest BCUT2D eigenvalue weighted by Gasteiger charge is 2.13. The lowest BCUT2D eigenvalue weighted by Gasteiger charge is -2.16. The van der Waals surface area contributed by atoms with Gasteiger partial charge in [-0.1, -0.05) is 182 Å². The molecule has 0 aromatic rings. The van der Waals surface area contributed by atoms with E-state index >= 15 is 0 Å². The van der Waals surface area contributed by atoms with Gasteiger partial charge >= 0.3 is 5.97 Å². The number of hydrogen-bond donors (Lipinski definition) is 1. The summed E-state index contributed by atoms with van der Waals surface area (Å²) in [6, 6.07) is 0. The number of aliphatic hydroxyl groups is 1. The SMILES string of the molecule is CC/C=C\C/C=C\C/C=C\C/C=C\CCCCCCCCCCC(=O)OC(CO)COCCCCCCCCC/C=C\C/C=C\C/C=C\CCCCC. The maximum atomic E-state index is 12.2. The van der Waals surface area contributed by atoms with Crippen LogP contribution in [0.5, 0.6) is 0 Å². The number of unbranched alkanes of at least 4 members (excludes halogenated alkanes) is 18. The third-order valence-corrected chi connectivity index (χ3v) is 9.20. The summed E-state index contributed by atoms with van der Waals surface area (Å²) in [5.41, 5.74) is 0. The Bertz CT molecular complexity index is 954. The second-order valence-electron chi connectivity index (χ2n) is 14.4. The van der Waals surface area contributed by atoms with E-state index in [1.165, 1.54) is 109 Å². The maximum absolute atomic E-state index is 12.2. The van der Waals surface area contributed by atoms with Crippen LogP contribution in [0.25, 0.3) is 0 Å². The highest BCUT2D eigenvalue weighted by molar-refractivity contribution is 5.69. The molecule has 0 bridgehead atoms. The number of ether oxygens (including phenoxy) is 2. The largest absolute Gasteiger partial charge is 0.457 e. The molecular formula is C49H84O4. The van der Waals surface area contributed by atoms with Gasteiger partial charge in [-0.2, -0.15) is 0 Å². The smallest absolute Gasteiger partial charge is 0.306 e. The summed E-state index contributed by atoms with van der Waals surface area (Å²) >= 11 is 0. The number of hydrogen-bond acceptors (Lipinski definition) is 4. The van der Waals surface area contributed by atoms with Crippen LogP contribution in [0.2, 0.25) is 0 Å². The van der Waals surface area contributed by atoms with Crippen molar-refractivity contribution in [1.82, 2.24) is 0 Å². The van der Waals surface area contributed by atoms with Gasteiger partial charge in [0.15, 0.2) is 0 Å². The molecule has 4 heteroatoms. The van der Waals surface area contributed by atoms with E-state index < -0.39 is 6.10 Å². The first-order chi connectivity index (χ1) is 26.2. The second kappa shape index (κ2) is 45.7. The summed E-state index contributed by atoms with van der Waals surface area (Å²) in [5.74, 6) is -0.215. The Kier molecular flexibility index (Phi) is 43.6. The van der Waals surface area contributed by atoms with Crippen molar-refractivity contribution in [2.45, 2.75) is 200 Å². The normalized spacial score (nSPS) is 13.2. The summed E-state index contributed by atoms with van der Waals surface area (Å²) in [6.07, 6.45) is 63.5. The number of esters is 1. The second-order valence-corrected chi connectivity index (χ2v) is 14.4. The van der Waals surface area contributed by atoms with Gasteiger partial charge in [-0.3, -0.25) is 4.79 Å². The van der Waals surface area contributed by atoms with Crippen LogP contribution in [0.4, 0.5) is 0 Å². The van der Waals surface area contributed by atoms with Gasteiger partial charge < -0.3 is 14.6 Å². The average molecular weight is 737 g/mol. The molecule has 0 radical (unpaired) electrons. The van der Waals surface area contributed by atoms with Crippen molar-refractivity contribution in [3.8, 4) is 0 Å². The molecule has 0 aliphatic rings. The van der Waals surface area contributed by atoms with Crippen molar-refractivity contribution in [2.24, 2.45) is 0 Å². The molecule has 0 rings (SSSR count). The van der Waals surface area contributed by atoms with Gasteiger partial charge in [-0.05, 0) is 89.9 Å². The molecule has 0 saturated carbocycles. The standard InChI is InChI=1S/C49H84O4/c1-3-5-7-9-11-13-15-17-19-21-23-25-26-28-30-32-34-36-38-40-42-44-49(51)53-48(46-50)47-52-45-43-41-39-37-35-33-31-29-27-24-22-20-18-16-14-12-10-8-6-4-2/h5,7,11-14,17-20,23-25,27,48,50H,3-4,6,8-10,15-16,21-22,26,28-47H2,1-2H3/b7-5-,13-11-,14-12-,19-17-,20-18-,25-23-,27-24-. The molecule has 0 aliphatic carbocycles. The van der Waals surface area contributed by atoms with Gasteiger partial charge in [0.1, 0.15) is 6.10 Å². The predicted molar refractivity (Wildman–Crippen MR) is 232 cm³/mol. The predicted octanol–water partition coefficient (Wildman–Crippen LogP) is 14.8. The lowest BCUT2D eigenvalue weighted by molar-refractivity contribution is -0.154. The third kappa shape index (κ3) is 43.9. The van der Waals surface area contributed by atoms with Gasteiger partial charge in [0.05, 0.1) is 13.2 Å². The Hall–Kier alpha value is -2.43. The molecule has 1 unspecified atom stereocenters. The molecule has 0 amide bonds. The van der Waals surface area contributed by atoms with Gasteiger partial charge in [-0.15, -0.1) is 0 Å². The van der Waals surface area contributed by atoms with Crippen LogP contribution in [-0.4, -0.2) is 37.0 Å². The van der Waals surface area contributed by atoms with Crippen molar-refractivity contribution >= 4 is 5.97 Å². The molecule has 4 nitrogen and oxygen atoms in total. The van der Waals surface area contributed by atoms with Crippen LogP contribution in [0.15, 0.2) is 85.1 Å². The van der Waals surface area contributed by atoms with Crippen LogP contribution in [0.3, 0.4) is 0 Å². The summed E-state index contributed by atoms with van der Waals surface area (Å²) in [5, 5.41) is 9.62. The van der Waals surface area contributed by atoms with E-state index in [9.17, 15) is 9.90 Å². The number of carbonyl (C=O) groups excluding carboxylic acids is 1. The fraction of sp³-hybridized carbons (Fsp3) is 0.694. The molecule has 0 aromatic heterocycles. The fourth-order valence-electron chi connectivity index (χ4n) is 5.91. The third-order valence-electron chi connectivity index (χ3n) is 9.20. The number of allylic oxidation sites excluding steroid dienone is 14. The van der Waals surface area contributed by atoms with Gasteiger partial charge in [0.25, 0.3) is 0 Å². The van der Waals surface area contributed by atoms with Gasteiger partial charge in [0.2, 0.25) is 0 Å². The lowest BCUT2D eigenvalue weighted by Crippen LogP contribution is -2.27. The van der Waals surface area contributed by atoms with Gasteiger partial charge in [0, 0.05) is 13.0 Å². The summed E-state index contributed by atoms with van der Waals surface area (Å²) in [4.78, 5) is 12.2. The van der Waals surface area contributed by atoms with Crippen molar-refractivity contribution < 1.29 is 19.4 Å². The highest BCUT2D eigenvalue weighted by Crippen LogP contribution is 2.13. The Morgan fingerprint density at radius 2 is 0.849 bits per heavy atom. The topological polar surface area (TPSA) is 55.8 Å². The Balaban J connectivity index is 3.50. The average Bonchev–Trinajstić information content (AvgIpc) is 3.16. The van der Waals surface area contributed by atoms with Crippen molar-refractivity contribution in [3.63, 3.8) is 0 Å². The zero-order valence-electron chi connectivity index (χ0n) is 34.8. The monoisotopic (exact) mass is 737 g/mol. The minimum absolute atomic E-state index is 0.184. The van der Waals surface area contributed by atoms with E-state index in [4.69, 9.17) is 9.47 Å². The molecule has 0 saturated heterocycles. The van der Waals surface area contributed by atoms with Crippen LogP contribution in [-0.2, 0) is 14.3 Å². The summed E-state index contributed by atoms with van der Waals surface area (Å²) in [7, 11) is 0. The molecule has 0 heterocycles. The molecule has 0 spiro atoms. The summed E-state index contributed by atoms with van der Waals surface area (Å²) < 4.78 is 11.2. The van der Waals surface area contributed by atoms with Crippen molar-refractivity contribution in [3.05, 3.63) is 85.1 Å². The molecule has 1 N–H and O–H groups in total. The minimum atomic E-state index is -0.550. The van der Waals surface area contributed by atoms with E-state index in [2.05, 4.69) is 98.9 Å². The van der Waals surface area contributed by atoms with Crippen LogP contribution in [0.1, 0.15) is 194 Å². The van der Waals surface area contributed by atoms with Crippen LogP contribution in [0, 0.1) is 0 Å². The van der Waals surface area contributed by atoms with Crippen LogP contribution >= 0.6 is 0 Å². The highest BCUT2D eigenvalue weighted by atomic mass is 16.6. The van der Waals surface area contributed by atoms with E-state index in [0.717, 1.165) is 64.2 Å². The molecule has 304 valence electrons. The van der Waals surface area contributed by atoms with Crippen LogP contribution < -0.4 is 0 Å². The zero-order valence-corrected chi connectivity index (χ0v) is 34.8. The first-order valence-electron chi connectivity index (χ1n) is 22.2. The number of carbonyl (C=O) groups is 1. The molecule has 0 aliphatic heterocycles. The first kappa shape index (κ1) is 50.6. The Labute approximate surface area is 329 Å². The fourth-order valence-corrected chi connectivity index (χ4v) is 5.91. The number of aliphatic hydroxyl groups excluding tert-OH is 1. The molecule has 1 atom stereocenters. The summed E-state index contributed by atoms with van der Waals surface area (Å²) in [6.45, 7) is 5.17. The lowest BCUT2D eigenvalue weighted by atomic mass is 10.1. The zero-order chi connectivity index (χ0) is 38.4. The molecular weight excluding hydrogens is 653 g/mol. The van der Waals surface area contributed by atoms with E-state index in [1.54, 1.807) is 0 Å². The van der Waals surface area contributed by atoms with Crippen molar-refractivity contribution in [2.75, 3.05) is 19.8 Å². The number of rotatable bonds is 40. The quantitative estimate of drug-likeness (QED) is 0.0387. The van der Waals surface area contributed by atoms with Gasteiger partial charge in [-0.25, -0.2) is 0 Å². The molecule has 0 fully saturated rings. The van der Waals surface area contributed by atoms with E-state index in [-0.39, 0.29) is 19.2 Å². The first-order valence-corrected chi connectivity index (χ1v) is 22.2. The maximum Gasteiger partial charge on any atom is 0.306 e. The molecule has 53 heavy (non-hydrogen) atoms.